The lowest BCUT2D eigenvalue weighted by molar-refractivity contribution is -0.141. The minimum Gasteiger partial charge on any atom is -0.481 e. The number of carbonyl (C=O) groups excluding carboxylic acids is 4. The average Bonchev–Trinajstić information content (AvgIpc) is 3.44. The quantitative estimate of drug-likeness (QED) is 0.100. The van der Waals surface area contributed by atoms with Crippen molar-refractivity contribution >= 4 is 58.2 Å². The summed E-state index contributed by atoms with van der Waals surface area (Å²) in [5, 5.41) is 29.6. The van der Waals surface area contributed by atoms with E-state index in [2.05, 4.69) is 26.3 Å². The molecule has 7 N–H and O–H groups in total. The van der Waals surface area contributed by atoms with Crippen molar-refractivity contribution in [3.8, 4) is 0 Å². The minimum absolute atomic E-state index is 0.0387. The van der Waals surface area contributed by atoms with Gasteiger partial charge in [0.2, 0.25) is 23.6 Å². The second-order valence-electron chi connectivity index (χ2n) is 10.6. The maximum atomic E-state index is 13.6. The van der Waals surface area contributed by atoms with Crippen molar-refractivity contribution in [2.75, 3.05) is 18.6 Å². The molecule has 14 heteroatoms. The van der Waals surface area contributed by atoms with E-state index in [9.17, 15) is 33.9 Å². The Balaban J connectivity index is 1.74. The Bertz CT molecular complexity index is 1510. The fourth-order valence-corrected chi connectivity index (χ4v) is 5.22. The molecule has 3 atom stereocenters. The maximum Gasteiger partial charge on any atom is 0.305 e. The van der Waals surface area contributed by atoms with E-state index in [1.807, 2.05) is 60.9 Å². The Morgan fingerprint density at radius 3 is 2.15 bits per heavy atom. The number of aromatic nitrogens is 1. The molecule has 246 valence electrons. The van der Waals surface area contributed by atoms with Gasteiger partial charge >= 0.3 is 11.9 Å². The van der Waals surface area contributed by atoms with Crippen molar-refractivity contribution in [2.45, 2.75) is 56.7 Å². The Labute approximate surface area is 270 Å². The van der Waals surface area contributed by atoms with Crippen molar-refractivity contribution in [3.63, 3.8) is 0 Å². The van der Waals surface area contributed by atoms with Crippen molar-refractivity contribution in [1.29, 1.82) is 0 Å². The Hall–Kier alpha value is -4.85. The lowest BCUT2D eigenvalue weighted by Gasteiger charge is -2.25. The molecular formula is C32H39N5O8S. The Morgan fingerprint density at radius 1 is 0.783 bits per heavy atom. The summed E-state index contributed by atoms with van der Waals surface area (Å²) in [7, 11) is 0. The molecule has 0 saturated heterocycles. The monoisotopic (exact) mass is 653 g/mol. The fourth-order valence-electron chi connectivity index (χ4n) is 4.75. The molecule has 1 aromatic heterocycles. The number of carboxylic acids is 2. The van der Waals surface area contributed by atoms with Gasteiger partial charge in [0.25, 0.3) is 0 Å². The number of hydrogen-bond acceptors (Lipinski definition) is 7. The molecule has 13 nitrogen and oxygen atoms in total. The largest absolute Gasteiger partial charge is 0.481 e. The van der Waals surface area contributed by atoms with E-state index in [0.29, 0.717) is 17.7 Å². The lowest BCUT2D eigenvalue weighted by Crippen LogP contribution is -2.57. The molecule has 0 bridgehead atoms. The van der Waals surface area contributed by atoms with Gasteiger partial charge in [0, 0.05) is 36.5 Å². The first kappa shape index (κ1) is 35.6. The van der Waals surface area contributed by atoms with E-state index in [0.717, 1.165) is 16.5 Å². The van der Waals surface area contributed by atoms with Crippen LogP contribution in [0.25, 0.3) is 10.9 Å². The summed E-state index contributed by atoms with van der Waals surface area (Å²) >= 11 is 1.42. The molecule has 3 unspecified atom stereocenters. The molecule has 0 aliphatic rings. The van der Waals surface area contributed by atoms with Gasteiger partial charge < -0.3 is 36.5 Å². The summed E-state index contributed by atoms with van der Waals surface area (Å²) in [6.07, 6.45) is 2.77. The van der Waals surface area contributed by atoms with Crippen LogP contribution in [0.4, 0.5) is 0 Å². The number of benzene rings is 2. The number of thioether (sulfide) groups is 1. The molecule has 3 rings (SSSR count). The van der Waals surface area contributed by atoms with Crippen molar-refractivity contribution in [1.82, 2.24) is 26.3 Å². The first-order valence-electron chi connectivity index (χ1n) is 14.8. The number of para-hydroxylation sites is 1. The number of carbonyl (C=O) groups is 6. The van der Waals surface area contributed by atoms with Crippen LogP contribution in [0.2, 0.25) is 0 Å². The molecule has 4 amide bonds. The summed E-state index contributed by atoms with van der Waals surface area (Å²) in [4.78, 5) is 78.2. The summed E-state index contributed by atoms with van der Waals surface area (Å²) < 4.78 is 0. The maximum absolute atomic E-state index is 13.6. The van der Waals surface area contributed by atoms with Crippen LogP contribution in [-0.2, 0) is 41.6 Å². The number of nitrogens with one attached hydrogen (secondary N) is 5. The Morgan fingerprint density at radius 2 is 1.46 bits per heavy atom. The van der Waals surface area contributed by atoms with Gasteiger partial charge in [-0.25, -0.2) is 0 Å². The van der Waals surface area contributed by atoms with Gasteiger partial charge in [0.05, 0.1) is 12.8 Å². The van der Waals surface area contributed by atoms with E-state index < -0.39 is 66.5 Å². The Kier molecular flexibility index (Phi) is 14.1. The average molecular weight is 654 g/mol. The number of carboxylic acid groups (broad SMARTS) is 2. The van der Waals surface area contributed by atoms with Gasteiger partial charge in [-0.2, -0.15) is 11.8 Å². The summed E-state index contributed by atoms with van der Waals surface area (Å²) in [5.41, 5.74) is 2.50. The number of hydrogen-bond donors (Lipinski definition) is 7. The molecule has 0 aliphatic heterocycles. The molecule has 0 spiro atoms. The number of H-pyrrole nitrogens is 1. The predicted octanol–water partition coefficient (Wildman–Crippen LogP) is 1.62. The topological polar surface area (TPSA) is 207 Å². The SMILES string of the molecule is CSCCC(NC(=O)C(Cc1c[nH]c2ccccc12)NC(=O)CCC(=O)O)C(=O)NC(CC(=O)O)C(=O)NCCc1ccccc1. The third-order valence-electron chi connectivity index (χ3n) is 7.13. The van der Waals surface area contributed by atoms with Crippen molar-refractivity contribution in [2.24, 2.45) is 0 Å². The van der Waals surface area contributed by atoms with Gasteiger partial charge in [-0.1, -0.05) is 48.5 Å². The molecule has 1 heterocycles. The molecule has 0 aliphatic carbocycles. The fraction of sp³-hybridized carbons (Fsp3) is 0.375. The minimum atomic E-state index is -1.40. The van der Waals surface area contributed by atoms with Crippen LogP contribution in [0.3, 0.4) is 0 Å². The van der Waals surface area contributed by atoms with Crippen LogP contribution in [0, 0.1) is 0 Å². The van der Waals surface area contributed by atoms with E-state index in [1.54, 1.807) is 6.20 Å². The lowest BCUT2D eigenvalue weighted by atomic mass is 10.0. The van der Waals surface area contributed by atoms with Crippen molar-refractivity contribution < 1.29 is 39.0 Å². The summed E-state index contributed by atoms with van der Waals surface area (Å²) in [5.74, 6) is -4.79. The summed E-state index contributed by atoms with van der Waals surface area (Å²) in [6.45, 7) is 0.221. The summed E-state index contributed by atoms with van der Waals surface area (Å²) in [6, 6.07) is 13.0. The first-order chi connectivity index (χ1) is 22.1. The molecule has 46 heavy (non-hydrogen) atoms. The van der Waals surface area contributed by atoms with Crippen LogP contribution >= 0.6 is 11.8 Å². The van der Waals surface area contributed by atoms with Crippen LogP contribution in [0.15, 0.2) is 60.8 Å². The smallest absolute Gasteiger partial charge is 0.305 e. The van der Waals surface area contributed by atoms with Crippen LogP contribution in [0.1, 0.15) is 36.8 Å². The van der Waals surface area contributed by atoms with E-state index in [1.165, 1.54) is 11.8 Å². The van der Waals surface area contributed by atoms with Crippen LogP contribution < -0.4 is 21.3 Å². The number of amides is 4. The number of aromatic amines is 1. The third-order valence-corrected chi connectivity index (χ3v) is 7.77. The zero-order valence-corrected chi connectivity index (χ0v) is 26.2. The second kappa shape index (κ2) is 18.2. The zero-order valence-electron chi connectivity index (χ0n) is 25.4. The highest BCUT2D eigenvalue weighted by atomic mass is 32.2. The van der Waals surface area contributed by atoms with Crippen molar-refractivity contribution in [3.05, 3.63) is 71.9 Å². The molecule has 0 saturated carbocycles. The highest BCUT2D eigenvalue weighted by Crippen LogP contribution is 2.19. The van der Waals surface area contributed by atoms with E-state index in [-0.39, 0.29) is 25.8 Å². The normalized spacial score (nSPS) is 12.8. The van der Waals surface area contributed by atoms with Gasteiger partial charge in [-0.05, 0) is 42.0 Å². The number of aliphatic carboxylic acids is 2. The van der Waals surface area contributed by atoms with Gasteiger partial charge in [-0.3, -0.25) is 28.8 Å². The molecule has 3 aromatic rings. The van der Waals surface area contributed by atoms with Crippen LogP contribution in [-0.4, -0.2) is 87.4 Å². The van der Waals surface area contributed by atoms with Gasteiger partial charge in [0.15, 0.2) is 0 Å². The zero-order chi connectivity index (χ0) is 33.5. The third kappa shape index (κ3) is 11.6. The molecule has 0 fully saturated rings. The highest BCUT2D eigenvalue weighted by molar-refractivity contribution is 7.98. The van der Waals surface area contributed by atoms with E-state index >= 15 is 0 Å². The molecule has 2 aromatic carbocycles. The number of fused-ring (bicyclic) bond motifs is 1. The predicted molar refractivity (Wildman–Crippen MR) is 173 cm³/mol. The van der Waals surface area contributed by atoms with E-state index in [4.69, 9.17) is 5.11 Å². The first-order valence-corrected chi connectivity index (χ1v) is 16.2. The highest BCUT2D eigenvalue weighted by Gasteiger charge is 2.31. The number of rotatable bonds is 19. The van der Waals surface area contributed by atoms with Gasteiger partial charge in [-0.15, -0.1) is 0 Å². The van der Waals surface area contributed by atoms with Crippen LogP contribution in [0.5, 0.6) is 0 Å². The van der Waals surface area contributed by atoms with Gasteiger partial charge in [0.1, 0.15) is 18.1 Å². The standard InChI is InChI=1S/C32H39N5O8S/c1-46-16-14-24(31(44)37-26(18-29(41)42)30(43)33-15-13-20-7-3-2-4-8-20)36-32(45)25(35-27(38)11-12-28(39)40)17-21-19-34-23-10-6-5-9-22(21)23/h2-10,19,24-26,34H,11-18H2,1H3,(H,33,43)(H,35,38)(H,36,45)(H,37,44)(H,39,40)(H,41,42). The second-order valence-corrected chi connectivity index (χ2v) is 11.6. The molecular weight excluding hydrogens is 614 g/mol. The molecule has 0 radical (unpaired) electrons.